The summed E-state index contributed by atoms with van der Waals surface area (Å²) in [7, 11) is 1.70. The van der Waals surface area contributed by atoms with Crippen LogP contribution in [-0.2, 0) is 14.2 Å². The molecular weight excluding hydrogens is 355 g/mol. The Morgan fingerprint density at radius 2 is 2.00 bits per heavy atom. The van der Waals surface area contributed by atoms with Crippen LogP contribution in [0.5, 0.6) is 0 Å². The zero-order valence-electron chi connectivity index (χ0n) is 11.7. The van der Waals surface area contributed by atoms with Gasteiger partial charge in [0.1, 0.15) is 0 Å². The van der Waals surface area contributed by atoms with E-state index in [0.717, 1.165) is 24.1 Å². The molecule has 0 fully saturated rings. The number of benzene rings is 1. The van der Waals surface area contributed by atoms with Crippen molar-refractivity contribution >= 4 is 22.6 Å². The van der Waals surface area contributed by atoms with Crippen molar-refractivity contribution in [2.45, 2.75) is 19.4 Å². The predicted octanol–water partition coefficient (Wildman–Crippen LogP) is 3.54. The molecule has 0 heterocycles. The molecule has 0 aromatic heterocycles. The number of aryl methyl sites for hydroxylation is 1. The van der Waals surface area contributed by atoms with E-state index in [1.807, 2.05) is 0 Å². The lowest BCUT2D eigenvalue weighted by Crippen LogP contribution is -2.12. The van der Waals surface area contributed by atoms with E-state index in [1.165, 1.54) is 11.1 Å². The van der Waals surface area contributed by atoms with Crippen molar-refractivity contribution in [2.75, 3.05) is 38.0 Å². The van der Waals surface area contributed by atoms with E-state index >= 15 is 0 Å². The van der Waals surface area contributed by atoms with E-state index in [2.05, 4.69) is 53.8 Å². The number of ether oxygens (including phenoxy) is 3. The number of methoxy groups -OCH3 is 1. The zero-order valence-corrected chi connectivity index (χ0v) is 13.9. The van der Waals surface area contributed by atoms with Crippen LogP contribution in [0.2, 0.25) is 0 Å². The molecule has 0 spiro atoms. The summed E-state index contributed by atoms with van der Waals surface area (Å²) in [5.74, 6) is 0. The van der Waals surface area contributed by atoms with Gasteiger partial charge < -0.3 is 14.2 Å². The van der Waals surface area contributed by atoms with Gasteiger partial charge in [-0.15, -0.1) is 0 Å². The first-order chi connectivity index (χ1) is 9.27. The van der Waals surface area contributed by atoms with E-state index < -0.39 is 0 Å². The minimum atomic E-state index is 0.156. The SMILES string of the molecule is COCCCOCCOC(CI)c1cccc(C)c1. The highest BCUT2D eigenvalue weighted by Crippen LogP contribution is 2.20. The van der Waals surface area contributed by atoms with Crippen LogP contribution in [0.4, 0.5) is 0 Å². The third-order valence-electron chi connectivity index (χ3n) is 2.74. The molecule has 1 unspecified atom stereocenters. The zero-order chi connectivity index (χ0) is 13.9. The maximum atomic E-state index is 5.88. The fourth-order valence-electron chi connectivity index (χ4n) is 1.76. The maximum absolute atomic E-state index is 5.88. The summed E-state index contributed by atoms with van der Waals surface area (Å²) in [4.78, 5) is 0. The van der Waals surface area contributed by atoms with Crippen molar-refractivity contribution in [1.82, 2.24) is 0 Å². The number of hydrogen-bond donors (Lipinski definition) is 0. The minimum absolute atomic E-state index is 0.156. The number of halogens is 1. The molecule has 0 amide bonds. The number of hydrogen-bond acceptors (Lipinski definition) is 3. The van der Waals surface area contributed by atoms with Crippen molar-refractivity contribution in [2.24, 2.45) is 0 Å². The normalized spacial score (nSPS) is 12.6. The van der Waals surface area contributed by atoms with Crippen LogP contribution in [0.15, 0.2) is 24.3 Å². The Kier molecular flexibility index (Phi) is 9.42. The predicted molar refractivity (Wildman–Crippen MR) is 86.1 cm³/mol. The number of alkyl halides is 1. The van der Waals surface area contributed by atoms with Gasteiger partial charge >= 0.3 is 0 Å². The molecule has 1 aromatic carbocycles. The highest BCUT2D eigenvalue weighted by molar-refractivity contribution is 14.1. The quantitative estimate of drug-likeness (QED) is 0.354. The van der Waals surface area contributed by atoms with Crippen LogP contribution < -0.4 is 0 Å². The van der Waals surface area contributed by atoms with Gasteiger partial charge in [-0.2, -0.15) is 0 Å². The molecule has 3 nitrogen and oxygen atoms in total. The molecule has 19 heavy (non-hydrogen) atoms. The lowest BCUT2D eigenvalue weighted by Gasteiger charge is -2.16. The molecule has 1 aromatic rings. The lowest BCUT2D eigenvalue weighted by atomic mass is 10.1. The topological polar surface area (TPSA) is 27.7 Å². The Balaban J connectivity index is 2.22. The third kappa shape index (κ3) is 7.25. The van der Waals surface area contributed by atoms with Gasteiger partial charge in [0.25, 0.3) is 0 Å². The monoisotopic (exact) mass is 378 g/mol. The van der Waals surface area contributed by atoms with E-state index in [-0.39, 0.29) is 6.10 Å². The summed E-state index contributed by atoms with van der Waals surface area (Å²) in [5.41, 5.74) is 2.51. The Bertz CT molecular complexity index is 344. The first-order valence-corrected chi connectivity index (χ1v) is 8.11. The van der Waals surface area contributed by atoms with Crippen LogP contribution in [0, 0.1) is 6.92 Å². The molecule has 0 bridgehead atoms. The molecule has 1 atom stereocenters. The first kappa shape index (κ1) is 16.9. The smallest absolute Gasteiger partial charge is 0.0915 e. The van der Waals surface area contributed by atoms with Gasteiger partial charge in [0.15, 0.2) is 0 Å². The van der Waals surface area contributed by atoms with Crippen LogP contribution in [-0.4, -0.2) is 38.0 Å². The van der Waals surface area contributed by atoms with E-state index in [9.17, 15) is 0 Å². The van der Waals surface area contributed by atoms with Gasteiger partial charge in [0.2, 0.25) is 0 Å². The Morgan fingerprint density at radius 3 is 2.68 bits per heavy atom. The van der Waals surface area contributed by atoms with Gasteiger partial charge in [-0.05, 0) is 18.9 Å². The molecule has 0 aliphatic heterocycles. The maximum Gasteiger partial charge on any atom is 0.0915 e. The van der Waals surface area contributed by atoms with Crippen LogP contribution in [0.3, 0.4) is 0 Å². The van der Waals surface area contributed by atoms with Gasteiger partial charge in [-0.25, -0.2) is 0 Å². The van der Waals surface area contributed by atoms with Crippen molar-refractivity contribution < 1.29 is 14.2 Å². The van der Waals surface area contributed by atoms with E-state index in [1.54, 1.807) is 7.11 Å². The van der Waals surface area contributed by atoms with E-state index in [4.69, 9.17) is 14.2 Å². The van der Waals surface area contributed by atoms with E-state index in [0.29, 0.717) is 13.2 Å². The first-order valence-electron chi connectivity index (χ1n) is 6.58. The second-order valence-electron chi connectivity index (χ2n) is 4.39. The molecule has 4 heteroatoms. The second-order valence-corrected chi connectivity index (χ2v) is 5.27. The van der Waals surface area contributed by atoms with Gasteiger partial charge in [-0.3, -0.25) is 0 Å². The van der Waals surface area contributed by atoms with Crippen molar-refractivity contribution in [3.05, 3.63) is 35.4 Å². The summed E-state index contributed by atoms with van der Waals surface area (Å²) in [6.45, 7) is 4.86. The summed E-state index contributed by atoms with van der Waals surface area (Å²) >= 11 is 2.36. The second kappa shape index (κ2) is 10.6. The van der Waals surface area contributed by atoms with Crippen LogP contribution in [0.25, 0.3) is 0 Å². The largest absolute Gasteiger partial charge is 0.385 e. The summed E-state index contributed by atoms with van der Waals surface area (Å²) in [6, 6.07) is 8.49. The Labute approximate surface area is 129 Å². The Hall–Kier alpha value is -0.170. The Morgan fingerprint density at radius 1 is 1.16 bits per heavy atom. The van der Waals surface area contributed by atoms with Crippen LogP contribution in [0.1, 0.15) is 23.7 Å². The van der Waals surface area contributed by atoms with Crippen molar-refractivity contribution in [3.8, 4) is 0 Å². The molecule has 1 rings (SSSR count). The number of rotatable bonds is 10. The standard InChI is InChI=1S/C15H23IO3/c1-13-5-3-6-14(11-13)15(12-16)19-10-9-18-8-4-7-17-2/h3,5-6,11,15H,4,7-10,12H2,1-2H3. The summed E-state index contributed by atoms with van der Waals surface area (Å²) < 4.78 is 17.3. The fourth-order valence-corrected chi connectivity index (χ4v) is 2.52. The fraction of sp³-hybridized carbons (Fsp3) is 0.600. The average molecular weight is 378 g/mol. The molecule has 0 saturated carbocycles. The van der Waals surface area contributed by atoms with Crippen molar-refractivity contribution in [3.63, 3.8) is 0 Å². The molecule has 0 aliphatic carbocycles. The van der Waals surface area contributed by atoms with Gasteiger partial charge in [0.05, 0.1) is 19.3 Å². The van der Waals surface area contributed by atoms with Crippen LogP contribution >= 0.6 is 22.6 Å². The molecule has 108 valence electrons. The average Bonchev–Trinajstić information content (AvgIpc) is 2.42. The summed E-state index contributed by atoms with van der Waals surface area (Å²) in [5, 5.41) is 0. The molecular formula is C15H23IO3. The molecule has 0 saturated heterocycles. The van der Waals surface area contributed by atoms with Gasteiger partial charge in [0, 0.05) is 24.8 Å². The lowest BCUT2D eigenvalue weighted by molar-refractivity contribution is 0.0104. The third-order valence-corrected chi connectivity index (χ3v) is 3.54. The highest BCUT2D eigenvalue weighted by atomic mass is 127. The highest BCUT2D eigenvalue weighted by Gasteiger charge is 2.10. The summed E-state index contributed by atoms with van der Waals surface area (Å²) in [6.07, 6.45) is 1.09. The van der Waals surface area contributed by atoms with Gasteiger partial charge in [-0.1, -0.05) is 52.4 Å². The van der Waals surface area contributed by atoms with Crippen molar-refractivity contribution in [1.29, 1.82) is 0 Å². The molecule has 0 N–H and O–H groups in total. The minimum Gasteiger partial charge on any atom is -0.385 e. The molecule has 0 radical (unpaired) electrons. The molecule has 0 aliphatic rings.